The number of hydrogen-bond acceptors (Lipinski definition) is 2. The molecule has 1 rings (SSSR count). The lowest BCUT2D eigenvalue weighted by Gasteiger charge is -2.06. The molecule has 0 aromatic carbocycles. The highest BCUT2D eigenvalue weighted by molar-refractivity contribution is 9.10. The van der Waals surface area contributed by atoms with E-state index in [1.54, 1.807) is 0 Å². The van der Waals surface area contributed by atoms with Crippen molar-refractivity contribution < 1.29 is 13.2 Å². The zero-order valence-corrected chi connectivity index (χ0v) is 8.53. The van der Waals surface area contributed by atoms with Gasteiger partial charge < -0.3 is 0 Å². The van der Waals surface area contributed by atoms with Crippen molar-refractivity contribution in [3.8, 4) is 0 Å². The van der Waals surface area contributed by atoms with Crippen molar-refractivity contribution in [1.29, 1.82) is 0 Å². The van der Waals surface area contributed by atoms with E-state index in [-0.39, 0.29) is 9.21 Å². The van der Waals surface area contributed by atoms with E-state index in [1.807, 2.05) is 0 Å². The third-order valence-corrected chi connectivity index (χ3v) is 1.95. The Morgan fingerprint density at radius 1 is 1.25 bits per heavy atom. The fraction of sp³-hybridized carbons (Fsp3) is 0.200. The fourth-order valence-electron chi connectivity index (χ4n) is 0.544. The predicted molar refractivity (Wildman–Crippen MR) is 42.4 cm³/mol. The van der Waals surface area contributed by atoms with Crippen molar-refractivity contribution in [2.75, 3.05) is 0 Å². The second-order valence-electron chi connectivity index (χ2n) is 1.83. The van der Waals surface area contributed by atoms with Gasteiger partial charge in [0.1, 0.15) is 0 Å². The topological polar surface area (TPSA) is 25.8 Å². The molecule has 0 saturated heterocycles. The van der Waals surface area contributed by atoms with E-state index >= 15 is 0 Å². The maximum absolute atomic E-state index is 12.1. The zero-order chi connectivity index (χ0) is 9.35. The Bertz CT molecular complexity index is 299. The lowest BCUT2D eigenvalue weighted by atomic mass is 10.4. The molecule has 0 radical (unpaired) electrons. The zero-order valence-electron chi connectivity index (χ0n) is 5.36. The largest absolute Gasteiger partial charge is 0.434 e. The van der Waals surface area contributed by atoms with E-state index in [1.165, 1.54) is 0 Å². The molecular weight excluding hydrogens is 305 g/mol. The van der Waals surface area contributed by atoms with Crippen molar-refractivity contribution >= 4 is 31.9 Å². The molecular formula is C5HBr2F3N2. The van der Waals surface area contributed by atoms with Gasteiger partial charge in [-0.25, -0.2) is 9.97 Å². The maximum atomic E-state index is 12.1. The molecule has 2 nitrogen and oxygen atoms in total. The Hall–Kier alpha value is -0.170. The van der Waals surface area contributed by atoms with Crippen LogP contribution in [0, 0.1) is 0 Å². The van der Waals surface area contributed by atoms with Crippen molar-refractivity contribution in [3.05, 3.63) is 21.1 Å². The third kappa shape index (κ3) is 2.16. The van der Waals surface area contributed by atoms with E-state index in [0.29, 0.717) is 0 Å². The number of rotatable bonds is 0. The Morgan fingerprint density at radius 2 is 1.83 bits per heavy atom. The van der Waals surface area contributed by atoms with Crippen molar-refractivity contribution in [2.24, 2.45) is 0 Å². The number of aromatic nitrogens is 2. The molecule has 1 heterocycles. The summed E-state index contributed by atoms with van der Waals surface area (Å²) in [6, 6.07) is 0. The summed E-state index contributed by atoms with van der Waals surface area (Å²) >= 11 is 5.45. The van der Waals surface area contributed by atoms with Crippen LogP contribution in [0.25, 0.3) is 0 Å². The molecule has 1 aromatic heterocycles. The third-order valence-electron chi connectivity index (χ3n) is 0.983. The molecule has 0 spiro atoms. The molecule has 0 unspecified atom stereocenters. The van der Waals surface area contributed by atoms with Gasteiger partial charge in [-0.15, -0.1) is 0 Å². The first-order valence-corrected chi connectivity index (χ1v) is 4.25. The van der Waals surface area contributed by atoms with Crippen LogP contribution < -0.4 is 0 Å². The van der Waals surface area contributed by atoms with Crippen LogP contribution in [0.15, 0.2) is 15.4 Å². The highest BCUT2D eigenvalue weighted by atomic mass is 79.9. The lowest BCUT2D eigenvalue weighted by molar-refractivity contribution is -0.142. The van der Waals surface area contributed by atoms with Crippen LogP contribution in [0.2, 0.25) is 0 Å². The van der Waals surface area contributed by atoms with Crippen LogP contribution >= 0.6 is 31.9 Å². The molecule has 66 valence electrons. The summed E-state index contributed by atoms with van der Waals surface area (Å²) in [7, 11) is 0. The van der Waals surface area contributed by atoms with Crippen molar-refractivity contribution in [1.82, 2.24) is 9.97 Å². The fourth-order valence-corrected chi connectivity index (χ4v) is 1.24. The summed E-state index contributed by atoms with van der Waals surface area (Å²) in [5.41, 5.74) is -0.982. The highest BCUT2D eigenvalue weighted by Crippen LogP contribution is 2.33. The van der Waals surface area contributed by atoms with E-state index in [9.17, 15) is 13.2 Å². The Kier molecular flexibility index (Phi) is 2.72. The molecule has 12 heavy (non-hydrogen) atoms. The number of alkyl halides is 3. The van der Waals surface area contributed by atoms with Crippen LogP contribution in [-0.4, -0.2) is 9.97 Å². The molecule has 0 aliphatic heterocycles. The molecule has 7 heteroatoms. The smallest absolute Gasteiger partial charge is 0.230 e. The summed E-state index contributed by atoms with van der Waals surface area (Å²) in [5, 5.41) is 0. The van der Waals surface area contributed by atoms with Gasteiger partial charge in [-0.05, 0) is 31.9 Å². The van der Waals surface area contributed by atoms with Crippen LogP contribution in [0.5, 0.6) is 0 Å². The van der Waals surface area contributed by atoms with Crippen molar-refractivity contribution in [2.45, 2.75) is 6.18 Å². The minimum atomic E-state index is -4.45. The maximum Gasteiger partial charge on any atom is 0.434 e. The second-order valence-corrected chi connectivity index (χ2v) is 3.40. The number of halogens is 5. The quantitative estimate of drug-likeness (QED) is 0.689. The summed E-state index contributed by atoms with van der Waals surface area (Å²) in [5.74, 6) is 0. The minimum Gasteiger partial charge on any atom is -0.230 e. The predicted octanol–water partition coefficient (Wildman–Crippen LogP) is 3.02. The lowest BCUT2D eigenvalue weighted by Crippen LogP contribution is -2.09. The minimum absolute atomic E-state index is 0.0852. The monoisotopic (exact) mass is 304 g/mol. The van der Waals surface area contributed by atoms with Gasteiger partial charge in [0.05, 0.1) is 4.47 Å². The summed E-state index contributed by atoms with van der Waals surface area (Å²) < 4.78 is 36.0. The molecule has 0 N–H and O–H groups in total. The van der Waals surface area contributed by atoms with Crippen LogP contribution in [0.1, 0.15) is 5.69 Å². The normalized spacial score (nSPS) is 11.8. The first kappa shape index (κ1) is 9.91. The van der Waals surface area contributed by atoms with E-state index in [4.69, 9.17) is 0 Å². The summed E-state index contributed by atoms with van der Waals surface area (Å²) in [4.78, 5) is 6.69. The Labute approximate surface area is 82.5 Å². The molecule has 0 aliphatic rings. The van der Waals surface area contributed by atoms with E-state index < -0.39 is 11.9 Å². The van der Waals surface area contributed by atoms with Crippen LogP contribution in [-0.2, 0) is 6.18 Å². The standard InChI is InChI=1S/C5HBr2F3N2/c6-2-1-11-4(7)12-3(2)5(8,9)10/h1H. The molecule has 1 aromatic rings. The van der Waals surface area contributed by atoms with E-state index in [2.05, 4.69) is 41.8 Å². The van der Waals surface area contributed by atoms with Gasteiger partial charge in [0.15, 0.2) is 10.4 Å². The van der Waals surface area contributed by atoms with Gasteiger partial charge in [-0.1, -0.05) is 0 Å². The molecule has 0 bridgehead atoms. The highest BCUT2D eigenvalue weighted by Gasteiger charge is 2.35. The Balaban J connectivity index is 3.23. The van der Waals surface area contributed by atoms with Gasteiger partial charge in [0.25, 0.3) is 0 Å². The van der Waals surface area contributed by atoms with Gasteiger partial charge >= 0.3 is 6.18 Å². The first-order chi connectivity index (χ1) is 5.41. The molecule has 0 atom stereocenters. The molecule has 0 amide bonds. The first-order valence-electron chi connectivity index (χ1n) is 2.66. The molecule has 0 saturated carbocycles. The summed E-state index contributed by atoms with van der Waals surface area (Å²) in [6.45, 7) is 0. The molecule has 0 aliphatic carbocycles. The van der Waals surface area contributed by atoms with Crippen LogP contribution in [0.3, 0.4) is 0 Å². The Morgan fingerprint density at radius 3 is 2.25 bits per heavy atom. The summed E-state index contributed by atoms with van der Waals surface area (Å²) in [6.07, 6.45) is -3.41. The van der Waals surface area contributed by atoms with Crippen LogP contribution in [0.4, 0.5) is 13.2 Å². The number of nitrogens with zero attached hydrogens (tertiary/aromatic N) is 2. The molecule has 0 fully saturated rings. The SMILES string of the molecule is FC(F)(F)c1nc(Br)ncc1Br. The van der Waals surface area contributed by atoms with Gasteiger partial charge in [-0.2, -0.15) is 13.2 Å². The van der Waals surface area contributed by atoms with Gasteiger partial charge in [0, 0.05) is 6.20 Å². The van der Waals surface area contributed by atoms with E-state index in [0.717, 1.165) is 6.20 Å². The second kappa shape index (κ2) is 3.29. The average molecular weight is 306 g/mol. The average Bonchev–Trinajstić information content (AvgIpc) is 1.92. The van der Waals surface area contributed by atoms with Gasteiger partial charge in [-0.3, -0.25) is 0 Å². The number of hydrogen-bond donors (Lipinski definition) is 0. The van der Waals surface area contributed by atoms with Gasteiger partial charge in [0.2, 0.25) is 0 Å². The van der Waals surface area contributed by atoms with Crippen molar-refractivity contribution in [3.63, 3.8) is 0 Å².